The molecule has 0 aliphatic carbocycles. The fraction of sp³-hybridized carbons (Fsp3) is 0.250. The van der Waals surface area contributed by atoms with E-state index in [0.29, 0.717) is 10.0 Å². The third kappa shape index (κ3) is 2.78. The molecular weight excluding hydrogens is 291 g/mol. The van der Waals surface area contributed by atoms with Crippen LogP contribution in [0.3, 0.4) is 0 Å². The van der Waals surface area contributed by atoms with Gasteiger partial charge in [0.1, 0.15) is 0 Å². The molecule has 1 aliphatic rings. The van der Waals surface area contributed by atoms with E-state index in [0.717, 1.165) is 37.3 Å². The van der Waals surface area contributed by atoms with Gasteiger partial charge in [-0.3, -0.25) is 4.90 Å². The van der Waals surface area contributed by atoms with Crippen LogP contribution in [-0.4, -0.2) is 11.4 Å². The van der Waals surface area contributed by atoms with Crippen LogP contribution in [0.15, 0.2) is 36.4 Å². The third-order valence-corrected chi connectivity index (χ3v) is 4.61. The normalized spacial score (nSPS) is 15.1. The largest absolute Gasteiger partial charge is 0.399 e. The standard InChI is InChI=1S/C16H16Cl2N2/c17-15-3-1-2-12(16(15)18)9-20-7-6-11-4-5-14(19)8-13(11)10-20/h1-5,8H,6-7,9-10,19H2. The van der Waals surface area contributed by atoms with E-state index in [1.807, 2.05) is 24.3 Å². The number of fused-ring (bicyclic) bond motifs is 1. The summed E-state index contributed by atoms with van der Waals surface area (Å²) in [6.45, 7) is 2.75. The van der Waals surface area contributed by atoms with Gasteiger partial charge in [-0.1, -0.05) is 41.4 Å². The van der Waals surface area contributed by atoms with Gasteiger partial charge in [0.25, 0.3) is 0 Å². The summed E-state index contributed by atoms with van der Waals surface area (Å²) < 4.78 is 0. The highest BCUT2D eigenvalue weighted by Gasteiger charge is 2.17. The zero-order valence-corrected chi connectivity index (χ0v) is 12.6. The summed E-state index contributed by atoms with van der Waals surface area (Å²) >= 11 is 12.3. The first kappa shape index (κ1) is 13.7. The molecule has 0 spiro atoms. The van der Waals surface area contributed by atoms with E-state index >= 15 is 0 Å². The van der Waals surface area contributed by atoms with Crippen molar-refractivity contribution in [2.45, 2.75) is 19.5 Å². The number of nitrogens with two attached hydrogens (primary N) is 1. The molecule has 2 aromatic rings. The van der Waals surface area contributed by atoms with Gasteiger partial charge in [-0.2, -0.15) is 0 Å². The fourth-order valence-corrected chi connectivity index (χ4v) is 3.06. The highest BCUT2D eigenvalue weighted by Crippen LogP contribution is 2.28. The minimum atomic E-state index is 0.617. The fourth-order valence-electron chi connectivity index (χ4n) is 2.68. The van der Waals surface area contributed by atoms with E-state index in [1.54, 1.807) is 0 Å². The van der Waals surface area contributed by atoms with Crippen molar-refractivity contribution in [2.24, 2.45) is 0 Å². The van der Waals surface area contributed by atoms with Gasteiger partial charge in [-0.05, 0) is 41.3 Å². The summed E-state index contributed by atoms with van der Waals surface area (Å²) in [6, 6.07) is 12.0. The van der Waals surface area contributed by atoms with Crippen molar-refractivity contribution in [3.05, 3.63) is 63.1 Å². The van der Waals surface area contributed by atoms with Crippen molar-refractivity contribution in [3.8, 4) is 0 Å². The van der Waals surface area contributed by atoms with Crippen molar-refractivity contribution < 1.29 is 0 Å². The molecule has 0 amide bonds. The maximum Gasteiger partial charge on any atom is 0.0637 e. The number of nitrogen functional groups attached to an aromatic ring is 1. The van der Waals surface area contributed by atoms with Gasteiger partial charge in [0.05, 0.1) is 10.0 Å². The van der Waals surface area contributed by atoms with Crippen LogP contribution in [0.4, 0.5) is 5.69 Å². The first-order valence-corrected chi connectivity index (χ1v) is 7.41. The van der Waals surface area contributed by atoms with E-state index in [4.69, 9.17) is 28.9 Å². The number of nitrogens with zero attached hydrogens (tertiary/aromatic N) is 1. The summed E-state index contributed by atoms with van der Waals surface area (Å²) in [4.78, 5) is 2.37. The Bertz CT molecular complexity index is 640. The summed E-state index contributed by atoms with van der Waals surface area (Å²) in [7, 11) is 0. The lowest BCUT2D eigenvalue weighted by molar-refractivity contribution is 0.245. The van der Waals surface area contributed by atoms with E-state index < -0.39 is 0 Å². The van der Waals surface area contributed by atoms with Crippen molar-refractivity contribution in [1.29, 1.82) is 0 Å². The Morgan fingerprint density at radius 1 is 1.10 bits per heavy atom. The molecule has 20 heavy (non-hydrogen) atoms. The number of halogens is 2. The molecule has 2 N–H and O–H groups in total. The molecule has 3 rings (SSSR count). The average Bonchev–Trinajstić information content (AvgIpc) is 2.43. The molecule has 4 heteroatoms. The van der Waals surface area contributed by atoms with Crippen LogP contribution in [0.5, 0.6) is 0 Å². The Hall–Kier alpha value is -1.22. The van der Waals surface area contributed by atoms with Gasteiger partial charge >= 0.3 is 0 Å². The number of rotatable bonds is 2. The molecule has 0 fully saturated rings. The highest BCUT2D eigenvalue weighted by atomic mass is 35.5. The Labute approximate surface area is 129 Å². The number of anilines is 1. The minimum Gasteiger partial charge on any atom is -0.399 e. The van der Waals surface area contributed by atoms with Gasteiger partial charge in [-0.25, -0.2) is 0 Å². The second-order valence-electron chi connectivity index (χ2n) is 5.20. The minimum absolute atomic E-state index is 0.617. The Morgan fingerprint density at radius 2 is 1.95 bits per heavy atom. The second-order valence-corrected chi connectivity index (χ2v) is 5.99. The second kappa shape index (κ2) is 5.65. The lowest BCUT2D eigenvalue weighted by Crippen LogP contribution is -2.30. The lowest BCUT2D eigenvalue weighted by atomic mass is 9.98. The van der Waals surface area contributed by atoms with Gasteiger partial charge in [0.2, 0.25) is 0 Å². The van der Waals surface area contributed by atoms with Crippen molar-refractivity contribution in [1.82, 2.24) is 4.90 Å². The molecule has 1 aliphatic heterocycles. The molecule has 0 radical (unpaired) electrons. The summed E-state index contributed by atoms with van der Waals surface area (Å²) in [5, 5.41) is 1.28. The van der Waals surface area contributed by atoms with Gasteiger partial charge in [0.15, 0.2) is 0 Å². The summed E-state index contributed by atoms with van der Waals surface area (Å²) in [6.07, 6.45) is 1.05. The molecule has 0 aromatic heterocycles. The number of hydrogen-bond donors (Lipinski definition) is 1. The highest BCUT2D eigenvalue weighted by molar-refractivity contribution is 6.42. The molecular formula is C16H16Cl2N2. The predicted octanol–water partition coefficient (Wildman–Crippen LogP) is 4.13. The molecule has 1 heterocycles. The molecule has 0 bridgehead atoms. The molecule has 0 unspecified atom stereocenters. The SMILES string of the molecule is Nc1ccc2c(c1)CN(Cc1cccc(Cl)c1Cl)CC2. The van der Waals surface area contributed by atoms with Crippen LogP contribution >= 0.6 is 23.2 Å². The quantitative estimate of drug-likeness (QED) is 0.845. The average molecular weight is 307 g/mol. The first-order chi connectivity index (χ1) is 9.63. The maximum atomic E-state index is 6.26. The van der Waals surface area contributed by atoms with Crippen molar-refractivity contribution in [3.63, 3.8) is 0 Å². The topological polar surface area (TPSA) is 29.3 Å². The first-order valence-electron chi connectivity index (χ1n) is 6.66. The molecule has 0 saturated carbocycles. The van der Waals surface area contributed by atoms with Gasteiger partial charge < -0.3 is 5.73 Å². The van der Waals surface area contributed by atoms with Crippen LogP contribution in [0, 0.1) is 0 Å². The third-order valence-electron chi connectivity index (χ3n) is 3.75. The maximum absolute atomic E-state index is 6.26. The zero-order chi connectivity index (χ0) is 14.1. The van der Waals surface area contributed by atoms with Gasteiger partial charge in [-0.15, -0.1) is 0 Å². The van der Waals surface area contributed by atoms with Crippen LogP contribution in [0.25, 0.3) is 0 Å². The van der Waals surface area contributed by atoms with Crippen LogP contribution in [0.2, 0.25) is 10.0 Å². The van der Waals surface area contributed by atoms with Gasteiger partial charge in [0, 0.05) is 25.3 Å². The zero-order valence-electron chi connectivity index (χ0n) is 11.1. The predicted molar refractivity (Wildman–Crippen MR) is 85.1 cm³/mol. The Kier molecular flexibility index (Phi) is 3.88. The van der Waals surface area contributed by atoms with E-state index in [1.165, 1.54) is 11.1 Å². The van der Waals surface area contributed by atoms with Crippen LogP contribution in [-0.2, 0) is 19.5 Å². The monoisotopic (exact) mass is 306 g/mol. The number of benzene rings is 2. The van der Waals surface area contributed by atoms with Crippen molar-refractivity contribution in [2.75, 3.05) is 12.3 Å². The molecule has 0 atom stereocenters. The molecule has 2 nitrogen and oxygen atoms in total. The molecule has 2 aromatic carbocycles. The van der Waals surface area contributed by atoms with Crippen LogP contribution in [0.1, 0.15) is 16.7 Å². The summed E-state index contributed by atoms with van der Waals surface area (Å²) in [5.41, 5.74) is 10.5. The Morgan fingerprint density at radius 3 is 2.80 bits per heavy atom. The smallest absolute Gasteiger partial charge is 0.0637 e. The van der Waals surface area contributed by atoms with E-state index in [-0.39, 0.29) is 0 Å². The lowest BCUT2D eigenvalue weighted by Gasteiger charge is -2.29. The summed E-state index contributed by atoms with van der Waals surface area (Å²) in [5.74, 6) is 0. The molecule has 104 valence electrons. The van der Waals surface area contributed by atoms with E-state index in [9.17, 15) is 0 Å². The Balaban J connectivity index is 1.79. The van der Waals surface area contributed by atoms with Crippen LogP contribution < -0.4 is 5.73 Å². The molecule has 0 saturated heterocycles. The van der Waals surface area contributed by atoms with E-state index in [2.05, 4.69) is 17.0 Å². The number of hydrogen-bond acceptors (Lipinski definition) is 2. The van der Waals surface area contributed by atoms with Crippen molar-refractivity contribution >= 4 is 28.9 Å².